The van der Waals surface area contributed by atoms with Crippen LogP contribution in [0.2, 0.25) is 0 Å². The number of ketones is 1. The zero-order chi connectivity index (χ0) is 26.0. The number of rotatable bonds is 3. The summed E-state index contributed by atoms with van der Waals surface area (Å²) in [5.74, 6) is 0.903. The van der Waals surface area contributed by atoms with Gasteiger partial charge < -0.3 is 16.2 Å². The Kier molecular flexibility index (Phi) is 5.38. The van der Waals surface area contributed by atoms with Gasteiger partial charge in [-0.1, -0.05) is 25.5 Å². The highest BCUT2D eigenvalue weighted by atomic mass is 16.5. The molecule has 5 rings (SSSR count). The van der Waals surface area contributed by atoms with E-state index in [2.05, 4.69) is 41.0 Å². The van der Waals surface area contributed by atoms with Gasteiger partial charge in [-0.3, -0.25) is 4.79 Å². The molecule has 1 heterocycles. The van der Waals surface area contributed by atoms with Crippen molar-refractivity contribution in [2.75, 3.05) is 0 Å². The quantitative estimate of drug-likeness (QED) is 0.347. The molecule has 0 aromatic heterocycles. The number of Topliss-reactive ketones (excluding diaryl/α,β-unsaturated/α-hetero) is 1. The molecule has 0 aromatic carbocycles. The highest BCUT2D eigenvalue weighted by Crippen LogP contribution is 2.68. The van der Waals surface area contributed by atoms with Crippen LogP contribution in [0, 0.1) is 28.6 Å². The number of nitrogens with zero attached hydrogens (tertiary/aromatic N) is 3. The summed E-state index contributed by atoms with van der Waals surface area (Å²) in [6, 6.07) is -1.47. The molecule has 3 fully saturated rings. The first-order chi connectivity index (χ1) is 16.9. The molecule has 0 saturated heterocycles. The summed E-state index contributed by atoms with van der Waals surface area (Å²) in [4.78, 5) is 41.5. The Hall–Kier alpha value is -3.50. The van der Waals surface area contributed by atoms with Crippen LogP contribution >= 0.6 is 0 Å². The Morgan fingerprint density at radius 3 is 2.64 bits per heavy atom. The normalized spacial score (nSPS) is 41.8. The summed E-state index contributed by atoms with van der Waals surface area (Å²) in [6.45, 7) is 7.90. The van der Waals surface area contributed by atoms with Crippen LogP contribution < -0.4 is 22.3 Å². The Morgan fingerprint density at radius 2 is 1.94 bits per heavy atom. The molecule has 4 aliphatic carbocycles. The fourth-order valence-corrected chi connectivity index (χ4v) is 7.98. The highest BCUT2D eigenvalue weighted by molar-refractivity contribution is 6.06. The summed E-state index contributed by atoms with van der Waals surface area (Å²) in [5.41, 5.74) is 15.6. The van der Waals surface area contributed by atoms with Crippen molar-refractivity contribution < 1.29 is 19.1 Å². The lowest BCUT2D eigenvalue weighted by Crippen LogP contribution is -2.60. The maximum absolute atomic E-state index is 14.1. The molecule has 0 spiro atoms. The van der Waals surface area contributed by atoms with Gasteiger partial charge in [-0.05, 0) is 50.2 Å². The van der Waals surface area contributed by atoms with E-state index in [1.807, 2.05) is 26.0 Å². The van der Waals surface area contributed by atoms with Crippen LogP contribution in [0.1, 0.15) is 53.4 Å². The van der Waals surface area contributed by atoms with E-state index in [-0.39, 0.29) is 29.6 Å². The van der Waals surface area contributed by atoms with E-state index in [0.29, 0.717) is 23.7 Å². The number of carbonyl (C=O) groups excluding carboxylic acids is 3. The van der Waals surface area contributed by atoms with E-state index in [9.17, 15) is 14.4 Å². The molecule has 0 aromatic rings. The average molecular weight is 496 g/mol. The maximum Gasteiger partial charge on any atom is 0.332 e. The lowest BCUT2D eigenvalue weighted by molar-refractivity contribution is -0.142. The van der Waals surface area contributed by atoms with Gasteiger partial charge in [-0.2, -0.15) is 10.2 Å². The van der Waals surface area contributed by atoms with E-state index in [0.717, 1.165) is 24.8 Å². The number of urea groups is 2. The Balaban J connectivity index is 1.52. The van der Waals surface area contributed by atoms with Gasteiger partial charge in [-0.15, -0.1) is 0 Å². The van der Waals surface area contributed by atoms with Crippen molar-refractivity contribution in [3.63, 3.8) is 0 Å². The number of allylic oxidation sites excluding steroid dienone is 4. The van der Waals surface area contributed by atoms with Crippen molar-refractivity contribution in [1.29, 1.82) is 0 Å². The number of fused-ring (bicyclic) bond motifs is 7. The first kappa shape index (κ1) is 24.2. The predicted molar refractivity (Wildman–Crippen MR) is 134 cm³/mol. The molecule has 4 amide bonds. The second kappa shape index (κ2) is 8.01. The van der Waals surface area contributed by atoms with Crippen LogP contribution in [0.5, 0.6) is 0 Å². The molecule has 3 saturated carbocycles. The number of carbonyl (C=O) groups is 3. The van der Waals surface area contributed by atoms with Crippen LogP contribution in [-0.4, -0.2) is 46.8 Å². The lowest BCUT2D eigenvalue weighted by atomic mass is 9.46. The number of hydrogen-bond acceptors (Lipinski definition) is 7. The zero-order valence-electron chi connectivity index (χ0n) is 21.0. The number of aliphatic imine (C=N–C) groups is 1. The standard InChI is InChI=1S/C25H33N7O4/c1-12(29-31-21(26)34)25-19(36-13(2)28-25)10-17-16-6-5-14-9-15(30-32-22(27)35)7-8-23(14,3)20(16)18(33)11-24(17,25)4/h7-9,16-17,19-20H,5-6,10-11H2,1-4H3,(H3,26,31,34)(H3,27,32,35)/b29-12+,30-15+/t16-,17-,19+,20+,23-,24-,25+/m0/s1. The second-order valence-corrected chi connectivity index (χ2v) is 11.1. The van der Waals surface area contributed by atoms with Gasteiger partial charge in [0.15, 0.2) is 5.90 Å². The number of hydrogen-bond donors (Lipinski definition) is 4. The third kappa shape index (κ3) is 3.24. The number of nitrogens with two attached hydrogens (primary N) is 2. The monoisotopic (exact) mass is 495 g/mol. The average Bonchev–Trinajstić information content (AvgIpc) is 3.26. The van der Waals surface area contributed by atoms with Crippen LogP contribution in [0.25, 0.3) is 0 Å². The number of amides is 4. The third-order valence-corrected chi connectivity index (χ3v) is 9.29. The van der Waals surface area contributed by atoms with Crippen LogP contribution in [0.4, 0.5) is 9.59 Å². The van der Waals surface area contributed by atoms with Crippen molar-refractivity contribution in [1.82, 2.24) is 10.9 Å². The second-order valence-electron chi connectivity index (χ2n) is 11.1. The van der Waals surface area contributed by atoms with Crippen molar-refractivity contribution in [2.45, 2.75) is 65.0 Å². The first-order valence-electron chi connectivity index (χ1n) is 12.3. The Labute approximate surface area is 209 Å². The molecule has 0 unspecified atom stereocenters. The van der Waals surface area contributed by atoms with Crippen molar-refractivity contribution in [3.05, 3.63) is 23.8 Å². The summed E-state index contributed by atoms with van der Waals surface area (Å²) in [5, 5.41) is 8.33. The highest BCUT2D eigenvalue weighted by Gasteiger charge is 2.73. The summed E-state index contributed by atoms with van der Waals surface area (Å²) in [6.07, 6.45) is 8.34. The van der Waals surface area contributed by atoms with Gasteiger partial charge in [-0.25, -0.2) is 25.4 Å². The lowest BCUT2D eigenvalue weighted by Gasteiger charge is -2.56. The fourth-order valence-electron chi connectivity index (χ4n) is 7.98. The molecule has 11 heteroatoms. The summed E-state index contributed by atoms with van der Waals surface area (Å²) in [7, 11) is 0. The molecule has 7 atom stereocenters. The minimum atomic E-state index is -0.843. The minimum absolute atomic E-state index is 0.142. The molecule has 0 radical (unpaired) electrons. The van der Waals surface area contributed by atoms with Crippen LogP contribution in [0.3, 0.4) is 0 Å². The van der Waals surface area contributed by atoms with E-state index in [1.165, 1.54) is 0 Å². The van der Waals surface area contributed by atoms with Gasteiger partial charge in [0.2, 0.25) is 0 Å². The molecule has 11 nitrogen and oxygen atoms in total. The molecular formula is C25H33N7O4. The van der Waals surface area contributed by atoms with Crippen LogP contribution in [0.15, 0.2) is 39.0 Å². The molecule has 5 aliphatic rings. The van der Waals surface area contributed by atoms with Crippen LogP contribution in [-0.2, 0) is 9.53 Å². The predicted octanol–water partition coefficient (Wildman–Crippen LogP) is 2.14. The fraction of sp³-hybridized carbons (Fsp3) is 0.600. The summed E-state index contributed by atoms with van der Waals surface area (Å²) < 4.78 is 6.21. The largest absolute Gasteiger partial charge is 0.475 e. The van der Waals surface area contributed by atoms with E-state index in [4.69, 9.17) is 21.2 Å². The zero-order valence-corrected chi connectivity index (χ0v) is 21.0. The van der Waals surface area contributed by atoms with Gasteiger partial charge >= 0.3 is 12.1 Å². The van der Waals surface area contributed by atoms with Gasteiger partial charge in [0.05, 0.1) is 11.4 Å². The van der Waals surface area contributed by atoms with Crippen molar-refractivity contribution >= 4 is 35.2 Å². The molecule has 1 aliphatic heterocycles. The smallest absolute Gasteiger partial charge is 0.332 e. The maximum atomic E-state index is 14.1. The summed E-state index contributed by atoms with van der Waals surface area (Å²) >= 11 is 0. The Bertz CT molecular complexity index is 1200. The molecule has 36 heavy (non-hydrogen) atoms. The first-order valence-corrected chi connectivity index (χ1v) is 12.3. The molecule has 192 valence electrons. The van der Waals surface area contributed by atoms with E-state index in [1.54, 1.807) is 0 Å². The van der Waals surface area contributed by atoms with Crippen molar-refractivity contribution in [2.24, 2.45) is 55.2 Å². The molecule has 6 N–H and O–H groups in total. The van der Waals surface area contributed by atoms with Gasteiger partial charge in [0.25, 0.3) is 0 Å². The number of ether oxygens (including phenoxy) is 1. The minimum Gasteiger partial charge on any atom is -0.475 e. The number of primary amides is 2. The van der Waals surface area contributed by atoms with Gasteiger partial charge in [0.1, 0.15) is 17.4 Å². The third-order valence-electron chi connectivity index (χ3n) is 9.29. The Morgan fingerprint density at radius 1 is 1.22 bits per heavy atom. The van der Waals surface area contributed by atoms with Gasteiger partial charge in [0, 0.05) is 30.1 Å². The number of nitrogens with one attached hydrogen (secondary N) is 2. The van der Waals surface area contributed by atoms with Crippen molar-refractivity contribution in [3.8, 4) is 0 Å². The van der Waals surface area contributed by atoms with E-state index < -0.39 is 28.4 Å². The topological polar surface area (TPSA) is 174 Å². The molecule has 0 bridgehead atoms. The number of hydrazone groups is 2. The van der Waals surface area contributed by atoms with E-state index >= 15 is 0 Å². The molecular weight excluding hydrogens is 462 g/mol. The SMILES string of the molecule is CC1=N[C@]2(/C(C)=N/NC(N)=O)[C@@H](C[C@H]3[C@@H]4CCC5=C/C(=N/NC(N)=O)C=C[C@]5(C)[C@H]4C(=O)C[C@@]32C)O1.